The normalized spacial score (nSPS) is 23.4. The van der Waals surface area contributed by atoms with Crippen molar-refractivity contribution in [2.24, 2.45) is 4.99 Å². The molecule has 0 radical (unpaired) electrons. The maximum absolute atomic E-state index is 6.19. The number of aliphatic imine (C=N–C) groups is 1. The second-order valence-electron chi connectivity index (χ2n) is 8.76. The lowest BCUT2D eigenvalue weighted by atomic mass is 10.1. The largest absolute Gasteiger partial charge is 0.378 e. The summed E-state index contributed by atoms with van der Waals surface area (Å²) in [4.78, 5) is 14.3. The Morgan fingerprint density at radius 1 is 1.16 bits per heavy atom. The molecule has 3 fully saturated rings. The van der Waals surface area contributed by atoms with E-state index in [1.165, 1.54) is 12.8 Å². The molecule has 3 saturated heterocycles. The number of anilines is 1. The number of hydrogen-bond donors (Lipinski definition) is 1. The summed E-state index contributed by atoms with van der Waals surface area (Å²) in [5.74, 6) is 2.02. The molecule has 0 bridgehead atoms. The van der Waals surface area contributed by atoms with Gasteiger partial charge in [0.05, 0.1) is 38.6 Å². The molecule has 1 unspecified atom stereocenters. The van der Waals surface area contributed by atoms with Gasteiger partial charge in [0.25, 0.3) is 0 Å². The Bertz CT molecular complexity index is 711. The third kappa shape index (κ3) is 6.56. The van der Waals surface area contributed by atoms with E-state index in [0.29, 0.717) is 18.8 Å². The van der Waals surface area contributed by atoms with Gasteiger partial charge in [0.15, 0.2) is 5.96 Å². The van der Waals surface area contributed by atoms with Gasteiger partial charge in [0.1, 0.15) is 5.82 Å². The van der Waals surface area contributed by atoms with Gasteiger partial charge in [-0.3, -0.25) is 0 Å². The molecule has 0 aliphatic carbocycles. The number of pyridine rings is 1. The standard InChI is InChI=1S/C24H39N5O3/c1-2-25-24(27-18-20-6-5-10-26-23(20)28-13-16-30-17-14-28)29-11-8-21(9-12-29)32-19-22-7-3-4-15-31-22/h5-6,10,21-22H,2-4,7-9,11-19H2,1H3,(H,25,27). The zero-order valence-electron chi connectivity index (χ0n) is 19.5. The fraction of sp³-hybridized carbons (Fsp3) is 0.750. The van der Waals surface area contributed by atoms with Crippen molar-refractivity contribution in [2.45, 2.75) is 57.8 Å². The van der Waals surface area contributed by atoms with Crippen molar-refractivity contribution in [3.05, 3.63) is 23.9 Å². The second-order valence-corrected chi connectivity index (χ2v) is 8.76. The first kappa shape index (κ1) is 23.3. The third-order valence-electron chi connectivity index (χ3n) is 6.45. The van der Waals surface area contributed by atoms with E-state index >= 15 is 0 Å². The molecular formula is C24H39N5O3. The minimum absolute atomic E-state index is 0.292. The highest BCUT2D eigenvalue weighted by Gasteiger charge is 2.24. The molecule has 1 atom stereocenters. The number of hydrogen-bond acceptors (Lipinski definition) is 6. The van der Waals surface area contributed by atoms with Gasteiger partial charge in [0, 0.05) is 51.1 Å². The molecule has 8 nitrogen and oxygen atoms in total. The SMILES string of the molecule is CCNC(=NCc1cccnc1N1CCOCC1)N1CCC(OCC2CCCCO2)CC1. The number of nitrogens with zero attached hydrogens (tertiary/aromatic N) is 4. The van der Waals surface area contributed by atoms with E-state index in [0.717, 1.165) is 95.8 Å². The van der Waals surface area contributed by atoms with Gasteiger partial charge >= 0.3 is 0 Å². The molecule has 178 valence electrons. The summed E-state index contributed by atoms with van der Waals surface area (Å²) >= 11 is 0. The molecule has 1 aromatic rings. The van der Waals surface area contributed by atoms with Crippen LogP contribution in [-0.4, -0.2) is 87.2 Å². The van der Waals surface area contributed by atoms with Gasteiger partial charge in [0.2, 0.25) is 0 Å². The van der Waals surface area contributed by atoms with Gasteiger partial charge in [-0.05, 0) is 45.1 Å². The van der Waals surface area contributed by atoms with Crippen molar-refractivity contribution in [3.8, 4) is 0 Å². The van der Waals surface area contributed by atoms with Crippen molar-refractivity contribution < 1.29 is 14.2 Å². The van der Waals surface area contributed by atoms with E-state index in [1.54, 1.807) is 0 Å². The molecule has 0 saturated carbocycles. The predicted molar refractivity (Wildman–Crippen MR) is 126 cm³/mol. The summed E-state index contributed by atoms with van der Waals surface area (Å²) in [7, 11) is 0. The Hall–Kier alpha value is -1.90. The van der Waals surface area contributed by atoms with Crippen LogP contribution in [0.4, 0.5) is 5.82 Å². The van der Waals surface area contributed by atoms with Crippen LogP contribution in [0.15, 0.2) is 23.3 Å². The number of likely N-dealkylation sites (tertiary alicyclic amines) is 1. The molecule has 32 heavy (non-hydrogen) atoms. The Morgan fingerprint density at radius 3 is 2.75 bits per heavy atom. The molecule has 4 heterocycles. The van der Waals surface area contributed by atoms with E-state index in [1.807, 2.05) is 12.3 Å². The number of ether oxygens (including phenoxy) is 3. The summed E-state index contributed by atoms with van der Waals surface area (Å²) in [5.41, 5.74) is 1.16. The van der Waals surface area contributed by atoms with Crippen molar-refractivity contribution in [1.29, 1.82) is 0 Å². The average Bonchev–Trinajstić information content (AvgIpc) is 2.87. The smallest absolute Gasteiger partial charge is 0.194 e. The lowest BCUT2D eigenvalue weighted by molar-refractivity contribution is -0.0721. The van der Waals surface area contributed by atoms with Crippen molar-refractivity contribution in [1.82, 2.24) is 15.2 Å². The van der Waals surface area contributed by atoms with Crippen molar-refractivity contribution in [3.63, 3.8) is 0 Å². The van der Waals surface area contributed by atoms with Crippen LogP contribution in [-0.2, 0) is 20.8 Å². The minimum Gasteiger partial charge on any atom is -0.378 e. The van der Waals surface area contributed by atoms with Crippen LogP contribution in [0.2, 0.25) is 0 Å². The molecule has 0 aromatic carbocycles. The highest BCUT2D eigenvalue weighted by molar-refractivity contribution is 5.80. The second kappa shape index (κ2) is 12.4. The average molecular weight is 446 g/mol. The third-order valence-corrected chi connectivity index (χ3v) is 6.45. The molecule has 3 aliphatic rings. The number of morpholine rings is 1. The summed E-state index contributed by atoms with van der Waals surface area (Å²) in [5, 5.41) is 3.48. The van der Waals surface area contributed by atoms with E-state index < -0.39 is 0 Å². The Labute approximate surface area is 192 Å². The Morgan fingerprint density at radius 2 is 2.00 bits per heavy atom. The van der Waals surface area contributed by atoms with Crippen LogP contribution in [0.3, 0.4) is 0 Å². The Balaban J connectivity index is 1.31. The first-order valence-electron chi connectivity index (χ1n) is 12.4. The number of rotatable bonds is 7. The first-order valence-corrected chi connectivity index (χ1v) is 12.4. The van der Waals surface area contributed by atoms with Crippen LogP contribution in [0, 0.1) is 0 Å². The quantitative estimate of drug-likeness (QED) is 0.511. The van der Waals surface area contributed by atoms with E-state index in [2.05, 4.69) is 33.1 Å². The van der Waals surface area contributed by atoms with Gasteiger partial charge in [-0.15, -0.1) is 0 Å². The van der Waals surface area contributed by atoms with Gasteiger partial charge in [-0.2, -0.15) is 0 Å². The summed E-state index contributed by atoms with van der Waals surface area (Å²) in [6.07, 6.45) is 8.13. The number of nitrogens with one attached hydrogen (secondary N) is 1. The van der Waals surface area contributed by atoms with E-state index in [9.17, 15) is 0 Å². The zero-order chi connectivity index (χ0) is 22.0. The van der Waals surface area contributed by atoms with Gasteiger partial charge in [-0.25, -0.2) is 9.98 Å². The predicted octanol–water partition coefficient (Wildman–Crippen LogP) is 2.43. The number of piperidine rings is 1. The minimum atomic E-state index is 0.292. The Kier molecular flexibility index (Phi) is 8.99. The van der Waals surface area contributed by atoms with Crippen molar-refractivity contribution >= 4 is 11.8 Å². The van der Waals surface area contributed by atoms with Gasteiger partial charge < -0.3 is 29.3 Å². The molecular weight excluding hydrogens is 406 g/mol. The van der Waals surface area contributed by atoms with Crippen LogP contribution in [0.1, 0.15) is 44.6 Å². The first-order chi connectivity index (χ1) is 15.8. The number of aromatic nitrogens is 1. The topological polar surface area (TPSA) is 71.5 Å². The molecule has 1 aromatic heterocycles. The molecule has 0 spiro atoms. The highest BCUT2D eigenvalue weighted by atomic mass is 16.5. The fourth-order valence-corrected chi connectivity index (χ4v) is 4.62. The maximum atomic E-state index is 6.19. The summed E-state index contributed by atoms with van der Waals surface area (Å²) in [6.45, 7) is 10.4. The summed E-state index contributed by atoms with van der Waals surface area (Å²) < 4.78 is 17.5. The van der Waals surface area contributed by atoms with Crippen molar-refractivity contribution in [2.75, 3.05) is 64.1 Å². The maximum Gasteiger partial charge on any atom is 0.194 e. The number of guanidine groups is 1. The fourth-order valence-electron chi connectivity index (χ4n) is 4.62. The molecule has 1 N–H and O–H groups in total. The molecule has 8 heteroatoms. The van der Waals surface area contributed by atoms with Crippen LogP contribution >= 0.6 is 0 Å². The highest BCUT2D eigenvalue weighted by Crippen LogP contribution is 2.21. The van der Waals surface area contributed by atoms with E-state index in [-0.39, 0.29) is 0 Å². The molecule has 4 rings (SSSR count). The monoisotopic (exact) mass is 445 g/mol. The molecule has 0 amide bonds. The lowest BCUT2D eigenvalue weighted by Gasteiger charge is -2.35. The van der Waals surface area contributed by atoms with E-state index in [4.69, 9.17) is 19.2 Å². The van der Waals surface area contributed by atoms with Gasteiger partial charge in [-0.1, -0.05) is 6.07 Å². The van der Waals surface area contributed by atoms with Crippen LogP contribution in [0.5, 0.6) is 0 Å². The zero-order valence-corrected chi connectivity index (χ0v) is 19.5. The van der Waals surface area contributed by atoms with Crippen LogP contribution < -0.4 is 10.2 Å². The summed E-state index contributed by atoms with van der Waals surface area (Å²) in [6, 6.07) is 4.14. The van der Waals surface area contributed by atoms with Crippen LogP contribution in [0.25, 0.3) is 0 Å². The molecule has 3 aliphatic heterocycles. The lowest BCUT2D eigenvalue weighted by Crippen LogP contribution is -2.47.